The molecule has 0 spiro atoms. The third-order valence-electron chi connectivity index (χ3n) is 5.01. The highest BCUT2D eigenvalue weighted by atomic mass is 19.4. The number of aromatic carboxylic acids is 1. The van der Waals surface area contributed by atoms with E-state index in [1.165, 1.54) is 0 Å². The molecule has 0 fully saturated rings. The van der Waals surface area contributed by atoms with Crippen LogP contribution in [-0.2, 0) is 40.1 Å². The van der Waals surface area contributed by atoms with Gasteiger partial charge in [-0.15, -0.1) is 0 Å². The molecule has 0 radical (unpaired) electrons. The normalized spacial score (nSPS) is 13.8. The molecule has 1 aromatic heterocycles. The number of hydrogen-bond acceptors (Lipinski definition) is 6. The zero-order valence-electron chi connectivity index (χ0n) is 18.4. The van der Waals surface area contributed by atoms with E-state index >= 15 is 0 Å². The Morgan fingerprint density at radius 1 is 0.973 bits per heavy atom. The molecule has 17 heteroatoms. The van der Waals surface area contributed by atoms with Gasteiger partial charge in [-0.2, -0.15) is 13.2 Å². The molecule has 0 saturated carbocycles. The molecule has 0 saturated heterocycles. The number of carboxylic acid groups (broad SMARTS) is 3. The number of alkyl halides is 3. The molecule has 1 aromatic carbocycles. The third kappa shape index (κ3) is 7.18. The summed E-state index contributed by atoms with van der Waals surface area (Å²) >= 11 is 0. The average Bonchev–Trinajstić information content (AvgIpc) is 3.17. The van der Waals surface area contributed by atoms with Gasteiger partial charge in [0.25, 0.3) is 0 Å². The predicted molar refractivity (Wildman–Crippen MR) is 107 cm³/mol. The molecular formula is C20H18F6N4O7. The van der Waals surface area contributed by atoms with Gasteiger partial charge in [-0.3, -0.25) is 4.79 Å². The van der Waals surface area contributed by atoms with Crippen molar-refractivity contribution in [2.75, 3.05) is 6.54 Å². The number of carboxylic acids is 3. The van der Waals surface area contributed by atoms with Crippen LogP contribution in [0.1, 0.15) is 34.0 Å². The molecule has 0 unspecified atom stereocenters. The molecule has 2 aromatic rings. The van der Waals surface area contributed by atoms with Crippen LogP contribution in [0, 0.1) is 17.5 Å². The summed E-state index contributed by atoms with van der Waals surface area (Å²) in [7, 11) is 0. The summed E-state index contributed by atoms with van der Waals surface area (Å²) < 4.78 is 80.1. The molecule has 5 N–H and O–H groups in total. The molecule has 1 aliphatic rings. The molecule has 1 atom stereocenters. The number of rotatable bonds is 5. The second-order valence-corrected chi connectivity index (χ2v) is 7.64. The Morgan fingerprint density at radius 3 is 2.05 bits per heavy atom. The zero-order chi connectivity index (χ0) is 28.2. The summed E-state index contributed by atoms with van der Waals surface area (Å²) in [5.41, 5.74) is 4.49. The molecular weight excluding hydrogens is 522 g/mol. The van der Waals surface area contributed by atoms with Gasteiger partial charge in [0.15, 0.2) is 17.3 Å². The van der Waals surface area contributed by atoms with Crippen molar-refractivity contribution in [3.05, 3.63) is 52.4 Å². The number of nitrogens with two attached hydrogens (primary N) is 1. The Bertz CT molecular complexity index is 1220. The average molecular weight is 540 g/mol. The lowest BCUT2D eigenvalue weighted by molar-refractivity contribution is -0.159. The first-order chi connectivity index (χ1) is 17.0. The highest BCUT2D eigenvalue weighted by Gasteiger charge is 2.41. The van der Waals surface area contributed by atoms with Crippen LogP contribution >= 0.6 is 0 Å². The van der Waals surface area contributed by atoms with Crippen LogP contribution in [0.5, 0.6) is 0 Å². The molecule has 0 aliphatic carbocycles. The van der Waals surface area contributed by atoms with Crippen molar-refractivity contribution in [2.24, 2.45) is 5.73 Å². The number of fused-ring (bicyclic) bond motifs is 1. The topological polar surface area (TPSA) is 176 Å². The van der Waals surface area contributed by atoms with Crippen molar-refractivity contribution in [1.29, 1.82) is 0 Å². The van der Waals surface area contributed by atoms with Crippen LogP contribution in [0.25, 0.3) is 0 Å². The lowest BCUT2D eigenvalue weighted by Gasteiger charge is -2.30. The largest absolute Gasteiger partial charge is 0.476 e. The molecule has 1 aliphatic heterocycles. The highest BCUT2D eigenvalue weighted by Crippen LogP contribution is 2.32. The summed E-state index contributed by atoms with van der Waals surface area (Å²) in [6.45, 7) is -0.921. The molecule has 37 heavy (non-hydrogen) atoms. The number of benzene rings is 1. The van der Waals surface area contributed by atoms with Gasteiger partial charge in [0.2, 0.25) is 11.7 Å². The Morgan fingerprint density at radius 2 is 1.54 bits per heavy atom. The van der Waals surface area contributed by atoms with E-state index in [-0.39, 0.29) is 37.2 Å². The number of carbonyl (C=O) groups excluding carboxylic acids is 1. The molecule has 202 valence electrons. The van der Waals surface area contributed by atoms with Crippen molar-refractivity contribution in [2.45, 2.75) is 38.1 Å². The zero-order valence-corrected chi connectivity index (χ0v) is 18.4. The van der Waals surface area contributed by atoms with Crippen molar-refractivity contribution >= 4 is 23.8 Å². The Kier molecular flexibility index (Phi) is 8.86. The SMILES string of the molecule is N[C@@H](CC(=O)N1CCn2c(C(F)(F)F)nc(C(=O)O)c2C1)Cc1cc(F)c(F)cc1F.O=C(O)C(=O)O. The fourth-order valence-electron chi connectivity index (χ4n) is 3.40. The van der Waals surface area contributed by atoms with E-state index in [2.05, 4.69) is 4.98 Å². The number of aliphatic carboxylic acids is 2. The van der Waals surface area contributed by atoms with Gasteiger partial charge >= 0.3 is 24.1 Å². The lowest BCUT2D eigenvalue weighted by atomic mass is 10.0. The monoisotopic (exact) mass is 540 g/mol. The number of imidazole rings is 1. The van der Waals surface area contributed by atoms with Crippen molar-refractivity contribution < 1.29 is 60.8 Å². The number of hydrogen-bond donors (Lipinski definition) is 4. The van der Waals surface area contributed by atoms with Crippen LogP contribution in [0.15, 0.2) is 12.1 Å². The van der Waals surface area contributed by atoms with E-state index in [0.717, 1.165) is 4.90 Å². The van der Waals surface area contributed by atoms with Crippen LogP contribution in [0.3, 0.4) is 0 Å². The number of nitrogens with zero attached hydrogens (tertiary/aromatic N) is 3. The molecule has 3 rings (SSSR count). The van der Waals surface area contributed by atoms with E-state index in [1.807, 2.05) is 0 Å². The maximum absolute atomic E-state index is 13.8. The fourth-order valence-corrected chi connectivity index (χ4v) is 3.40. The fraction of sp³-hybridized carbons (Fsp3) is 0.350. The lowest BCUT2D eigenvalue weighted by Crippen LogP contribution is -2.42. The minimum absolute atomic E-state index is 0.156. The van der Waals surface area contributed by atoms with Gasteiger partial charge in [-0.05, 0) is 18.1 Å². The Hall–Kier alpha value is -4.15. The number of aromatic nitrogens is 2. The second-order valence-electron chi connectivity index (χ2n) is 7.64. The van der Waals surface area contributed by atoms with Crippen LogP contribution in [0.4, 0.5) is 26.3 Å². The van der Waals surface area contributed by atoms with Crippen molar-refractivity contribution in [1.82, 2.24) is 14.5 Å². The van der Waals surface area contributed by atoms with Crippen molar-refractivity contribution in [3.63, 3.8) is 0 Å². The van der Waals surface area contributed by atoms with E-state index in [0.29, 0.717) is 16.7 Å². The van der Waals surface area contributed by atoms with Gasteiger partial charge < -0.3 is 30.5 Å². The first kappa shape index (κ1) is 29.1. The van der Waals surface area contributed by atoms with E-state index < -0.39 is 71.5 Å². The van der Waals surface area contributed by atoms with Gasteiger partial charge in [-0.25, -0.2) is 32.5 Å². The maximum Gasteiger partial charge on any atom is 0.449 e. The van der Waals surface area contributed by atoms with Crippen LogP contribution in [0.2, 0.25) is 0 Å². The summed E-state index contributed by atoms with van der Waals surface area (Å²) in [6, 6.07) is -0.00786. The van der Waals surface area contributed by atoms with Crippen molar-refractivity contribution in [3.8, 4) is 0 Å². The summed E-state index contributed by atoms with van der Waals surface area (Å²) in [5, 5.41) is 23.9. The predicted octanol–water partition coefficient (Wildman–Crippen LogP) is 1.48. The highest BCUT2D eigenvalue weighted by molar-refractivity contribution is 6.27. The molecule has 0 bridgehead atoms. The minimum atomic E-state index is -4.87. The number of amides is 1. The maximum atomic E-state index is 13.8. The third-order valence-corrected chi connectivity index (χ3v) is 5.01. The van der Waals surface area contributed by atoms with Crippen LogP contribution < -0.4 is 5.73 Å². The van der Waals surface area contributed by atoms with E-state index in [9.17, 15) is 35.9 Å². The molecule has 11 nitrogen and oxygen atoms in total. The Balaban J connectivity index is 0.000000717. The minimum Gasteiger partial charge on any atom is -0.476 e. The number of carbonyl (C=O) groups is 4. The van der Waals surface area contributed by atoms with Crippen LogP contribution in [-0.4, -0.2) is 66.2 Å². The van der Waals surface area contributed by atoms with E-state index in [4.69, 9.17) is 30.6 Å². The molecule has 1 amide bonds. The summed E-state index contributed by atoms with van der Waals surface area (Å²) in [5.74, 6) is -11.0. The first-order valence-electron chi connectivity index (χ1n) is 10.1. The van der Waals surface area contributed by atoms with Gasteiger partial charge in [0.05, 0.1) is 12.2 Å². The Labute approximate surface area is 202 Å². The first-order valence-corrected chi connectivity index (χ1v) is 10.1. The quantitative estimate of drug-likeness (QED) is 0.249. The molecule has 2 heterocycles. The van der Waals surface area contributed by atoms with E-state index in [1.54, 1.807) is 0 Å². The summed E-state index contributed by atoms with van der Waals surface area (Å²) in [6.07, 6.45) is -5.54. The van der Waals surface area contributed by atoms with Gasteiger partial charge in [-0.1, -0.05) is 0 Å². The standard InChI is InChI=1S/C18H16F6N4O3.C2H2O4/c19-10-6-12(21)11(20)4-8(10)3-9(25)5-14(29)27-1-2-28-13(7-27)15(16(30)31)26-17(28)18(22,23)24;3-1(4)2(5)6/h4,6,9H,1-3,5,7,25H2,(H,30,31);(H,3,4)(H,5,6)/t9-;/m1./s1. The second kappa shape index (κ2) is 11.3. The number of halogens is 6. The smallest absolute Gasteiger partial charge is 0.449 e. The van der Waals surface area contributed by atoms with Gasteiger partial charge in [0.1, 0.15) is 5.82 Å². The van der Waals surface area contributed by atoms with Gasteiger partial charge in [0, 0.05) is 31.6 Å². The summed E-state index contributed by atoms with van der Waals surface area (Å²) in [4.78, 5) is 46.3.